The molecule has 2 N–H and O–H groups in total. The van der Waals surface area contributed by atoms with Crippen LogP contribution in [0.3, 0.4) is 0 Å². The van der Waals surface area contributed by atoms with Crippen LogP contribution in [0.15, 0.2) is 77.8 Å². The van der Waals surface area contributed by atoms with E-state index in [1.807, 2.05) is 36.8 Å². The number of carbonyl (C=O) groups excluding carboxylic acids is 3. The number of para-hydroxylation sites is 1. The van der Waals surface area contributed by atoms with E-state index in [-0.39, 0.29) is 34.8 Å². The third kappa shape index (κ3) is 8.92. The number of aromatic nitrogens is 1. The predicted octanol–water partition coefficient (Wildman–Crippen LogP) is 3.28. The highest BCUT2D eigenvalue weighted by Crippen LogP contribution is 2.13. The third-order valence-electron chi connectivity index (χ3n) is 5.73. The fourth-order valence-electron chi connectivity index (χ4n) is 3.45. The Labute approximate surface area is 227 Å². The van der Waals surface area contributed by atoms with Crippen molar-refractivity contribution in [3.05, 3.63) is 89.7 Å². The number of hydrogen-bond acceptors (Lipinski definition) is 8. The number of nitrogens with one attached hydrogen (secondary N) is 2. The second kappa shape index (κ2) is 14.1. The molecule has 0 saturated heterocycles. The maximum absolute atomic E-state index is 12.7. The number of pyridine rings is 1. The molecule has 0 atom stereocenters. The summed E-state index contributed by atoms with van der Waals surface area (Å²) >= 11 is 0. The minimum Gasteiger partial charge on any atom is -0.484 e. The van der Waals surface area contributed by atoms with Crippen molar-refractivity contribution in [3.8, 4) is 5.75 Å². The molecule has 0 radical (unpaired) electrons. The van der Waals surface area contributed by atoms with Gasteiger partial charge in [0.05, 0.1) is 10.5 Å². The number of esters is 1. The summed E-state index contributed by atoms with van der Waals surface area (Å²) in [6, 6.07) is 17.6. The van der Waals surface area contributed by atoms with Crippen LogP contribution in [0, 0.1) is 0 Å². The molecule has 0 saturated carbocycles. The van der Waals surface area contributed by atoms with Gasteiger partial charge in [0.2, 0.25) is 0 Å². The Kier molecular flexibility index (Phi) is 10.6. The van der Waals surface area contributed by atoms with Crippen LogP contribution < -0.4 is 14.8 Å². The van der Waals surface area contributed by atoms with Crippen molar-refractivity contribution in [2.75, 3.05) is 13.2 Å². The minimum atomic E-state index is -4.15. The SMILES string of the molecule is CCC(CC)OC(=O)c1ccc(C(=O)NS(=O)(=O)c2ccc(CCNC(=O)COc3ccccc3)cc2)cn1. The molecule has 0 unspecified atom stereocenters. The van der Waals surface area contributed by atoms with Crippen LogP contribution in [0.25, 0.3) is 0 Å². The summed E-state index contributed by atoms with van der Waals surface area (Å²) in [5.74, 6) is -1.16. The average Bonchev–Trinajstić information content (AvgIpc) is 2.95. The first kappa shape index (κ1) is 29.3. The Morgan fingerprint density at radius 3 is 2.23 bits per heavy atom. The summed E-state index contributed by atoms with van der Waals surface area (Å²) in [6.07, 6.45) is 2.71. The summed E-state index contributed by atoms with van der Waals surface area (Å²) < 4.78 is 38.1. The van der Waals surface area contributed by atoms with E-state index >= 15 is 0 Å². The Morgan fingerprint density at radius 1 is 0.923 bits per heavy atom. The molecule has 0 fully saturated rings. The van der Waals surface area contributed by atoms with Gasteiger partial charge in [0.25, 0.3) is 21.8 Å². The van der Waals surface area contributed by atoms with Crippen molar-refractivity contribution in [3.63, 3.8) is 0 Å². The lowest BCUT2D eigenvalue weighted by Gasteiger charge is -2.13. The molecular formula is C28H31N3O7S. The molecule has 39 heavy (non-hydrogen) atoms. The van der Waals surface area contributed by atoms with Crippen LogP contribution in [0.5, 0.6) is 5.75 Å². The number of sulfonamides is 1. The monoisotopic (exact) mass is 553 g/mol. The van der Waals surface area contributed by atoms with Crippen molar-refractivity contribution in [2.24, 2.45) is 0 Å². The lowest BCUT2D eigenvalue weighted by atomic mass is 10.1. The number of carbonyl (C=O) groups is 3. The fourth-order valence-corrected chi connectivity index (χ4v) is 4.43. The van der Waals surface area contributed by atoms with Gasteiger partial charge in [-0.1, -0.05) is 44.2 Å². The molecule has 0 aliphatic heterocycles. The van der Waals surface area contributed by atoms with E-state index in [2.05, 4.69) is 10.3 Å². The highest BCUT2D eigenvalue weighted by molar-refractivity contribution is 7.90. The normalized spacial score (nSPS) is 11.1. The van der Waals surface area contributed by atoms with Crippen LogP contribution in [0.4, 0.5) is 0 Å². The van der Waals surface area contributed by atoms with Crippen LogP contribution in [-0.2, 0) is 26.0 Å². The van der Waals surface area contributed by atoms with Gasteiger partial charge in [-0.2, -0.15) is 0 Å². The van der Waals surface area contributed by atoms with Crippen LogP contribution in [0.1, 0.15) is 53.1 Å². The molecule has 0 aliphatic carbocycles. The molecule has 2 aromatic carbocycles. The van der Waals surface area contributed by atoms with Gasteiger partial charge in [-0.05, 0) is 61.2 Å². The number of benzene rings is 2. The standard InChI is InChI=1S/C28H31N3O7S/c1-3-22(4-2)38-28(34)25-15-12-21(18-30-25)27(33)31-39(35,36)24-13-10-20(11-14-24)16-17-29-26(32)19-37-23-8-6-5-7-9-23/h5-15,18,22H,3-4,16-17,19H2,1-2H3,(H,29,32)(H,31,33). The van der Waals surface area contributed by atoms with E-state index in [1.54, 1.807) is 24.3 Å². The van der Waals surface area contributed by atoms with Gasteiger partial charge in [-0.15, -0.1) is 0 Å². The first-order valence-electron chi connectivity index (χ1n) is 12.5. The zero-order chi connectivity index (χ0) is 28.3. The summed E-state index contributed by atoms with van der Waals surface area (Å²) in [6.45, 7) is 4.04. The zero-order valence-electron chi connectivity index (χ0n) is 21.8. The zero-order valence-corrected chi connectivity index (χ0v) is 22.6. The maximum atomic E-state index is 12.7. The van der Waals surface area contributed by atoms with Gasteiger partial charge in [0, 0.05) is 12.7 Å². The molecule has 2 amide bonds. The van der Waals surface area contributed by atoms with Crippen LogP contribution >= 0.6 is 0 Å². The van der Waals surface area contributed by atoms with Gasteiger partial charge in [0.1, 0.15) is 17.5 Å². The first-order chi connectivity index (χ1) is 18.7. The van der Waals surface area contributed by atoms with Gasteiger partial charge in [-0.3, -0.25) is 9.59 Å². The highest BCUT2D eigenvalue weighted by Gasteiger charge is 2.20. The summed E-state index contributed by atoms with van der Waals surface area (Å²) in [4.78, 5) is 40.5. The second-order valence-electron chi connectivity index (χ2n) is 8.56. The van der Waals surface area contributed by atoms with Gasteiger partial charge < -0.3 is 14.8 Å². The predicted molar refractivity (Wildman–Crippen MR) is 144 cm³/mol. The van der Waals surface area contributed by atoms with E-state index in [0.29, 0.717) is 31.6 Å². The van der Waals surface area contributed by atoms with Crippen molar-refractivity contribution < 1.29 is 32.3 Å². The quantitative estimate of drug-likeness (QED) is 0.307. The summed E-state index contributed by atoms with van der Waals surface area (Å²) in [7, 11) is -4.15. The molecule has 3 aromatic rings. The maximum Gasteiger partial charge on any atom is 0.357 e. The molecule has 0 spiro atoms. The lowest BCUT2D eigenvalue weighted by molar-refractivity contribution is -0.123. The molecule has 1 heterocycles. The number of ether oxygens (including phenoxy) is 2. The van der Waals surface area contributed by atoms with Crippen LogP contribution in [0.2, 0.25) is 0 Å². The molecule has 10 nitrogen and oxygen atoms in total. The average molecular weight is 554 g/mol. The second-order valence-corrected chi connectivity index (χ2v) is 10.2. The molecule has 3 rings (SSSR count). The van der Waals surface area contributed by atoms with E-state index < -0.39 is 21.9 Å². The number of nitrogens with zero attached hydrogens (tertiary/aromatic N) is 1. The molecule has 206 valence electrons. The molecule has 0 bridgehead atoms. The van der Waals surface area contributed by atoms with Gasteiger partial charge >= 0.3 is 5.97 Å². The van der Waals surface area contributed by atoms with E-state index in [0.717, 1.165) is 11.8 Å². The summed E-state index contributed by atoms with van der Waals surface area (Å²) in [5, 5.41) is 2.74. The number of rotatable bonds is 13. The van der Waals surface area contributed by atoms with Crippen molar-refractivity contribution >= 4 is 27.8 Å². The molecule has 0 aliphatic rings. The number of amides is 2. The van der Waals surface area contributed by atoms with Crippen LogP contribution in [-0.4, -0.2) is 50.4 Å². The first-order valence-corrected chi connectivity index (χ1v) is 14.0. The largest absolute Gasteiger partial charge is 0.484 e. The third-order valence-corrected chi connectivity index (χ3v) is 7.08. The number of hydrogen-bond donors (Lipinski definition) is 2. The van der Waals surface area contributed by atoms with Crippen molar-refractivity contribution in [1.29, 1.82) is 0 Å². The lowest BCUT2D eigenvalue weighted by Crippen LogP contribution is -2.31. The molecular weight excluding hydrogens is 522 g/mol. The van der Waals surface area contributed by atoms with E-state index in [4.69, 9.17) is 9.47 Å². The minimum absolute atomic E-state index is 0.0248. The van der Waals surface area contributed by atoms with Gasteiger partial charge in [-0.25, -0.2) is 22.9 Å². The smallest absolute Gasteiger partial charge is 0.357 e. The molecule has 1 aromatic heterocycles. The Hall–Kier alpha value is -4.25. The molecule has 11 heteroatoms. The highest BCUT2D eigenvalue weighted by atomic mass is 32.2. The summed E-state index contributed by atoms with van der Waals surface area (Å²) in [5.41, 5.74) is 0.794. The Morgan fingerprint density at radius 2 is 1.62 bits per heavy atom. The Balaban J connectivity index is 1.49. The Bertz CT molecular complexity index is 1360. The van der Waals surface area contributed by atoms with E-state index in [9.17, 15) is 22.8 Å². The fraction of sp³-hybridized carbons (Fsp3) is 0.286. The van der Waals surface area contributed by atoms with Crippen molar-refractivity contribution in [1.82, 2.24) is 15.0 Å². The topological polar surface area (TPSA) is 141 Å². The van der Waals surface area contributed by atoms with E-state index in [1.165, 1.54) is 24.3 Å². The van der Waals surface area contributed by atoms with Gasteiger partial charge in [0.15, 0.2) is 6.61 Å². The van der Waals surface area contributed by atoms with Crippen molar-refractivity contribution in [2.45, 2.75) is 44.1 Å².